The van der Waals surface area contributed by atoms with E-state index in [1.54, 1.807) is 13.0 Å². The van der Waals surface area contributed by atoms with Gasteiger partial charge in [-0.15, -0.1) is 0 Å². The van der Waals surface area contributed by atoms with E-state index < -0.39 is 18.6 Å². The summed E-state index contributed by atoms with van der Waals surface area (Å²) in [6.07, 6.45) is 0. The van der Waals surface area contributed by atoms with Gasteiger partial charge >= 0.3 is 0 Å². The van der Waals surface area contributed by atoms with Crippen molar-refractivity contribution in [2.45, 2.75) is 18.9 Å². The van der Waals surface area contributed by atoms with E-state index in [0.717, 1.165) is 0 Å². The van der Waals surface area contributed by atoms with Gasteiger partial charge in [-0.1, -0.05) is 22.0 Å². The normalized spacial score (nSPS) is 13.9. The smallest absolute Gasteiger partial charge is 0.289 e. The van der Waals surface area contributed by atoms with Gasteiger partial charge in [0.15, 0.2) is 0 Å². The van der Waals surface area contributed by atoms with E-state index in [1.165, 1.54) is 6.07 Å². The fourth-order valence-electron chi connectivity index (χ4n) is 1.30. The maximum Gasteiger partial charge on any atom is 0.289 e. The Morgan fingerprint density at radius 3 is 2.56 bits per heavy atom. The lowest BCUT2D eigenvalue weighted by atomic mass is 9.98. The standard InChI is InChI=1S/C10H12BrF2NO2/c1-5-2-3-6(11)7(8(5)16)9(14)10(12,13)4-15/h2-3,9,15-16H,4,14H2,1H3/t9-/m0/s1. The van der Waals surface area contributed by atoms with Crippen LogP contribution in [0.5, 0.6) is 5.75 Å². The molecule has 0 heterocycles. The van der Waals surface area contributed by atoms with Crippen molar-refractivity contribution < 1.29 is 19.0 Å². The molecule has 0 fully saturated rings. The number of hydrogen-bond donors (Lipinski definition) is 3. The highest BCUT2D eigenvalue weighted by molar-refractivity contribution is 9.10. The monoisotopic (exact) mass is 295 g/mol. The number of aryl methyl sites for hydroxylation is 1. The van der Waals surface area contributed by atoms with Crippen LogP contribution in [-0.2, 0) is 0 Å². The first kappa shape index (κ1) is 13.3. The minimum atomic E-state index is -3.48. The summed E-state index contributed by atoms with van der Waals surface area (Å²) in [5.41, 5.74) is 5.70. The van der Waals surface area contributed by atoms with Crippen LogP contribution < -0.4 is 5.73 Å². The average Bonchev–Trinajstić information content (AvgIpc) is 2.24. The van der Waals surface area contributed by atoms with Crippen molar-refractivity contribution in [2.75, 3.05) is 6.61 Å². The van der Waals surface area contributed by atoms with Crippen LogP contribution in [0.15, 0.2) is 16.6 Å². The molecule has 1 aromatic carbocycles. The Morgan fingerprint density at radius 2 is 2.06 bits per heavy atom. The van der Waals surface area contributed by atoms with Gasteiger partial charge in [0, 0.05) is 10.0 Å². The number of benzene rings is 1. The first-order valence-corrected chi connectivity index (χ1v) is 5.32. The predicted octanol–water partition coefficient (Wildman–Crippen LogP) is 2.09. The number of aliphatic hydroxyl groups excluding tert-OH is 1. The lowest BCUT2D eigenvalue weighted by Gasteiger charge is -2.24. The Balaban J connectivity index is 3.28. The van der Waals surface area contributed by atoms with Crippen molar-refractivity contribution in [3.63, 3.8) is 0 Å². The van der Waals surface area contributed by atoms with Crippen LogP contribution >= 0.6 is 15.9 Å². The molecule has 0 saturated carbocycles. The molecule has 0 unspecified atom stereocenters. The second-order valence-electron chi connectivity index (χ2n) is 3.52. The van der Waals surface area contributed by atoms with Gasteiger partial charge in [-0.3, -0.25) is 0 Å². The van der Waals surface area contributed by atoms with Gasteiger partial charge in [-0.2, -0.15) is 0 Å². The molecule has 0 spiro atoms. The molecule has 16 heavy (non-hydrogen) atoms. The summed E-state index contributed by atoms with van der Waals surface area (Å²) in [6.45, 7) is 0.211. The number of nitrogens with two attached hydrogens (primary N) is 1. The minimum absolute atomic E-state index is 0.0981. The summed E-state index contributed by atoms with van der Waals surface area (Å²) < 4.78 is 26.7. The number of alkyl halides is 2. The molecule has 0 aliphatic heterocycles. The minimum Gasteiger partial charge on any atom is -0.507 e. The number of aliphatic hydroxyl groups is 1. The Bertz CT molecular complexity index is 399. The van der Waals surface area contributed by atoms with Crippen molar-refractivity contribution in [1.82, 2.24) is 0 Å². The molecule has 6 heteroatoms. The van der Waals surface area contributed by atoms with Gasteiger partial charge in [0.2, 0.25) is 0 Å². The molecule has 3 nitrogen and oxygen atoms in total. The Hall–Kier alpha value is -0.720. The maximum absolute atomic E-state index is 13.2. The molecule has 0 amide bonds. The van der Waals surface area contributed by atoms with Crippen molar-refractivity contribution in [2.24, 2.45) is 5.73 Å². The zero-order valence-corrected chi connectivity index (χ0v) is 10.1. The zero-order valence-electron chi connectivity index (χ0n) is 8.54. The molecule has 0 aromatic heterocycles. The predicted molar refractivity (Wildman–Crippen MR) is 59.5 cm³/mol. The molecule has 0 aliphatic carbocycles. The van der Waals surface area contributed by atoms with Gasteiger partial charge in [0.1, 0.15) is 18.4 Å². The third kappa shape index (κ3) is 2.34. The number of phenolic OH excluding ortho intramolecular Hbond substituents is 1. The molecular weight excluding hydrogens is 284 g/mol. The number of hydrogen-bond acceptors (Lipinski definition) is 3. The molecule has 1 aromatic rings. The van der Waals surface area contributed by atoms with E-state index in [-0.39, 0.29) is 15.8 Å². The van der Waals surface area contributed by atoms with Crippen molar-refractivity contribution >= 4 is 15.9 Å². The summed E-state index contributed by atoms with van der Waals surface area (Å²) in [4.78, 5) is 0. The van der Waals surface area contributed by atoms with E-state index in [0.29, 0.717) is 5.56 Å². The van der Waals surface area contributed by atoms with Crippen LogP contribution in [0.4, 0.5) is 8.78 Å². The van der Waals surface area contributed by atoms with Gasteiger partial charge in [-0.25, -0.2) is 8.78 Å². The van der Waals surface area contributed by atoms with Gasteiger partial charge in [0.25, 0.3) is 5.92 Å². The van der Waals surface area contributed by atoms with Gasteiger partial charge < -0.3 is 15.9 Å². The highest BCUT2D eigenvalue weighted by atomic mass is 79.9. The second-order valence-corrected chi connectivity index (χ2v) is 4.38. The van der Waals surface area contributed by atoms with E-state index in [2.05, 4.69) is 15.9 Å². The maximum atomic E-state index is 13.2. The third-order valence-electron chi connectivity index (χ3n) is 2.34. The summed E-state index contributed by atoms with van der Waals surface area (Å²) in [5, 5.41) is 18.2. The number of rotatable bonds is 3. The van der Waals surface area contributed by atoms with E-state index >= 15 is 0 Å². The molecule has 0 radical (unpaired) electrons. The van der Waals surface area contributed by atoms with Crippen molar-refractivity contribution in [3.8, 4) is 5.75 Å². The summed E-state index contributed by atoms with van der Waals surface area (Å²) in [7, 11) is 0. The number of aromatic hydroxyl groups is 1. The molecule has 1 atom stereocenters. The highest BCUT2D eigenvalue weighted by Gasteiger charge is 2.39. The largest absolute Gasteiger partial charge is 0.507 e. The van der Waals surface area contributed by atoms with E-state index in [1.807, 2.05) is 0 Å². The van der Waals surface area contributed by atoms with Crippen LogP contribution in [0.25, 0.3) is 0 Å². The summed E-state index contributed by atoms with van der Waals surface area (Å²) >= 11 is 3.05. The molecule has 0 aliphatic rings. The lowest BCUT2D eigenvalue weighted by Crippen LogP contribution is -2.36. The molecule has 1 rings (SSSR count). The number of halogens is 3. The number of phenols is 1. The van der Waals surface area contributed by atoms with Crippen LogP contribution in [0, 0.1) is 6.92 Å². The van der Waals surface area contributed by atoms with Crippen LogP contribution in [0.2, 0.25) is 0 Å². The Kier molecular flexibility index (Phi) is 3.88. The first-order chi connectivity index (χ1) is 7.31. The quantitative estimate of drug-likeness (QED) is 0.800. The summed E-state index contributed by atoms with van der Waals surface area (Å²) in [5.74, 6) is -3.76. The van der Waals surface area contributed by atoms with Gasteiger partial charge in [-0.05, 0) is 18.6 Å². The SMILES string of the molecule is Cc1ccc(Br)c([C@H](N)C(F)(F)CO)c1O. The highest BCUT2D eigenvalue weighted by Crippen LogP contribution is 2.39. The van der Waals surface area contributed by atoms with Crippen molar-refractivity contribution in [1.29, 1.82) is 0 Å². The van der Waals surface area contributed by atoms with E-state index in [4.69, 9.17) is 10.8 Å². The molecular formula is C10H12BrF2NO2. The Labute approximate surface area is 100 Å². The first-order valence-electron chi connectivity index (χ1n) is 4.53. The molecule has 0 saturated heterocycles. The fraction of sp³-hybridized carbons (Fsp3) is 0.400. The van der Waals surface area contributed by atoms with Crippen LogP contribution in [0.3, 0.4) is 0 Å². The van der Waals surface area contributed by atoms with Gasteiger partial charge in [0.05, 0.1) is 0 Å². The second kappa shape index (κ2) is 4.65. The van der Waals surface area contributed by atoms with E-state index in [9.17, 15) is 13.9 Å². The lowest BCUT2D eigenvalue weighted by molar-refractivity contribution is -0.0717. The molecule has 4 N–H and O–H groups in total. The Morgan fingerprint density at radius 1 is 1.50 bits per heavy atom. The fourth-order valence-corrected chi connectivity index (χ4v) is 1.86. The third-order valence-corrected chi connectivity index (χ3v) is 3.03. The zero-order chi connectivity index (χ0) is 12.5. The molecule has 0 bridgehead atoms. The van der Waals surface area contributed by atoms with Crippen LogP contribution in [0.1, 0.15) is 17.2 Å². The molecule has 90 valence electrons. The average molecular weight is 296 g/mol. The van der Waals surface area contributed by atoms with Crippen LogP contribution in [-0.4, -0.2) is 22.7 Å². The topological polar surface area (TPSA) is 66.5 Å². The summed E-state index contributed by atoms with van der Waals surface area (Å²) in [6, 6.07) is 1.34. The van der Waals surface area contributed by atoms with Crippen molar-refractivity contribution in [3.05, 3.63) is 27.7 Å².